The summed E-state index contributed by atoms with van der Waals surface area (Å²) in [4.78, 5) is 0. The molecule has 2 rings (SSSR count). The fraction of sp³-hybridized carbons (Fsp3) is 0.231. The third kappa shape index (κ3) is 1.99. The van der Waals surface area contributed by atoms with Crippen LogP contribution in [-0.2, 0) is 0 Å². The molecule has 2 N–H and O–H groups in total. The van der Waals surface area contributed by atoms with Gasteiger partial charge in [0.15, 0.2) is 7.28 Å². The molecule has 2 aromatic rings. The van der Waals surface area contributed by atoms with Crippen molar-refractivity contribution in [1.82, 2.24) is 0 Å². The largest absolute Gasteiger partial charge is 0.471 e. The first-order chi connectivity index (χ1) is 7.58. The summed E-state index contributed by atoms with van der Waals surface area (Å²) >= 11 is 0. The molecule has 0 aliphatic carbocycles. The topological polar surface area (TPSA) is 39.2 Å². The smallest absolute Gasteiger partial charge is 0.199 e. The average Bonchev–Trinajstić information content (AvgIpc) is 2.57. The molecular weight excluding hydrogens is 197 g/mol. The van der Waals surface area contributed by atoms with E-state index in [2.05, 4.69) is 32.9 Å². The van der Waals surface area contributed by atoms with E-state index in [1.54, 1.807) is 12.5 Å². The highest BCUT2D eigenvalue weighted by atomic mass is 16.3. The average molecular weight is 213 g/mol. The SMILES string of the molecule is Cc1cc(C)c(Bc2cocc2N)c(C)c1. The van der Waals surface area contributed by atoms with Gasteiger partial charge in [0.1, 0.15) is 6.26 Å². The molecule has 0 spiro atoms. The molecule has 3 heteroatoms. The molecule has 1 aromatic heterocycles. The van der Waals surface area contributed by atoms with E-state index in [1.807, 2.05) is 0 Å². The summed E-state index contributed by atoms with van der Waals surface area (Å²) in [6.45, 7) is 6.41. The van der Waals surface area contributed by atoms with Crippen LogP contribution in [0, 0.1) is 20.8 Å². The van der Waals surface area contributed by atoms with Gasteiger partial charge in [-0.15, -0.1) is 0 Å². The summed E-state index contributed by atoms with van der Waals surface area (Å²) in [5.74, 6) is 0. The van der Waals surface area contributed by atoms with Gasteiger partial charge in [-0.25, -0.2) is 0 Å². The van der Waals surface area contributed by atoms with Gasteiger partial charge in [0.25, 0.3) is 0 Å². The third-order valence-corrected chi connectivity index (χ3v) is 2.98. The van der Waals surface area contributed by atoms with Gasteiger partial charge in [-0.2, -0.15) is 0 Å². The first kappa shape index (κ1) is 10.9. The number of aryl methyl sites for hydroxylation is 3. The van der Waals surface area contributed by atoms with E-state index in [4.69, 9.17) is 10.2 Å². The maximum atomic E-state index is 5.82. The van der Waals surface area contributed by atoms with E-state index in [0.29, 0.717) is 0 Å². The van der Waals surface area contributed by atoms with Crippen molar-refractivity contribution in [3.8, 4) is 0 Å². The molecule has 0 unspecified atom stereocenters. The molecule has 0 amide bonds. The zero-order chi connectivity index (χ0) is 11.7. The van der Waals surface area contributed by atoms with Crippen LogP contribution in [0.4, 0.5) is 5.69 Å². The van der Waals surface area contributed by atoms with E-state index in [0.717, 1.165) is 18.4 Å². The Hall–Kier alpha value is -1.64. The van der Waals surface area contributed by atoms with Gasteiger partial charge >= 0.3 is 0 Å². The van der Waals surface area contributed by atoms with Crippen LogP contribution in [0.1, 0.15) is 16.7 Å². The lowest BCUT2D eigenvalue weighted by atomic mass is 9.61. The number of nitrogen functional groups attached to an aromatic ring is 1. The minimum Gasteiger partial charge on any atom is -0.471 e. The van der Waals surface area contributed by atoms with Gasteiger partial charge in [-0.1, -0.05) is 34.3 Å². The van der Waals surface area contributed by atoms with Crippen LogP contribution in [-0.4, -0.2) is 7.28 Å². The molecule has 0 aliphatic rings. The van der Waals surface area contributed by atoms with E-state index in [9.17, 15) is 0 Å². The molecule has 82 valence electrons. The zero-order valence-corrected chi connectivity index (χ0v) is 10.0. The van der Waals surface area contributed by atoms with Crippen molar-refractivity contribution in [2.75, 3.05) is 5.73 Å². The second-order valence-corrected chi connectivity index (χ2v) is 4.41. The molecule has 0 atom stereocenters. The van der Waals surface area contributed by atoms with Crippen molar-refractivity contribution in [3.05, 3.63) is 41.3 Å². The van der Waals surface area contributed by atoms with Crippen LogP contribution in [0.3, 0.4) is 0 Å². The standard InChI is InChI=1S/C13H16BNO/c1-8-4-9(2)13(10(3)5-8)14-11-6-16-7-12(11)15/h4-7,14H,15H2,1-3H3. The van der Waals surface area contributed by atoms with Crippen molar-refractivity contribution < 1.29 is 4.42 Å². The highest BCUT2D eigenvalue weighted by Gasteiger charge is 2.10. The predicted molar refractivity (Wildman–Crippen MR) is 70.2 cm³/mol. The first-order valence-corrected chi connectivity index (χ1v) is 5.45. The monoisotopic (exact) mass is 213 g/mol. The van der Waals surface area contributed by atoms with Crippen LogP contribution < -0.4 is 16.7 Å². The van der Waals surface area contributed by atoms with Gasteiger partial charge in [-0.3, -0.25) is 0 Å². The molecule has 0 bridgehead atoms. The lowest BCUT2D eigenvalue weighted by Crippen LogP contribution is -2.31. The number of hydrogen-bond acceptors (Lipinski definition) is 2. The number of anilines is 1. The number of hydrogen-bond donors (Lipinski definition) is 1. The molecule has 1 heterocycles. The lowest BCUT2D eigenvalue weighted by molar-refractivity contribution is 0.570. The Morgan fingerprint density at radius 1 is 1.06 bits per heavy atom. The fourth-order valence-electron chi connectivity index (χ4n) is 2.16. The molecular formula is C13H16BNO. The Kier molecular flexibility index (Phi) is 2.78. The molecule has 0 aliphatic heterocycles. The number of benzene rings is 1. The predicted octanol–water partition coefficient (Wildman–Crippen LogP) is 1.17. The maximum absolute atomic E-state index is 5.82. The van der Waals surface area contributed by atoms with Crippen molar-refractivity contribution >= 4 is 23.9 Å². The minimum atomic E-state index is 0.736. The molecule has 1 aromatic carbocycles. The Balaban J connectivity index is 2.39. The second-order valence-electron chi connectivity index (χ2n) is 4.41. The van der Waals surface area contributed by atoms with Crippen molar-refractivity contribution in [2.45, 2.75) is 20.8 Å². The second kappa shape index (κ2) is 4.09. The number of rotatable bonds is 2. The van der Waals surface area contributed by atoms with Crippen molar-refractivity contribution in [1.29, 1.82) is 0 Å². The molecule has 16 heavy (non-hydrogen) atoms. The van der Waals surface area contributed by atoms with Crippen LogP contribution in [0.25, 0.3) is 0 Å². The van der Waals surface area contributed by atoms with Gasteiger partial charge < -0.3 is 10.2 Å². The zero-order valence-electron chi connectivity index (χ0n) is 10.0. The van der Waals surface area contributed by atoms with Gasteiger partial charge in [-0.05, 0) is 26.2 Å². The van der Waals surface area contributed by atoms with E-state index in [1.165, 1.54) is 22.2 Å². The Morgan fingerprint density at radius 3 is 2.19 bits per heavy atom. The normalized spacial score (nSPS) is 10.4. The Morgan fingerprint density at radius 2 is 1.69 bits per heavy atom. The van der Waals surface area contributed by atoms with Gasteiger partial charge in [0, 0.05) is 0 Å². The summed E-state index contributed by atoms with van der Waals surface area (Å²) in [6.07, 6.45) is 3.32. The molecule has 0 saturated carbocycles. The van der Waals surface area contributed by atoms with Crippen LogP contribution in [0.2, 0.25) is 0 Å². The maximum Gasteiger partial charge on any atom is 0.199 e. The van der Waals surface area contributed by atoms with Crippen molar-refractivity contribution in [2.24, 2.45) is 0 Å². The number of nitrogens with two attached hydrogens (primary N) is 1. The van der Waals surface area contributed by atoms with E-state index in [-0.39, 0.29) is 0 Å². The highest BCUT2D eigenvalue weighted by Crippen LogP contribution is 2.06. The summed E-state index contributed by atoms with van der Waals surface area (Å²) in [5.41, 5.74) is 12.9. The molecule has 0 saturated heterocycles. The molecule has 0 fully saturated rings. The van der Waals surface area contributed by atoms with E-state index < -0.39 is 0 Å². The highest BCUT2D eigenvalue weighted by molar-refractivity contribution is 6.69. The Bertz CT molecular complexity index is 493. The summed E-state index contributed by atoms with van der Waals surface area (Å²) < 4.78 is 5.10. The van der Waals surface area contributed by atoms with Gasteiger partial charge in [0.2, 0.25) is 0 Å². The minimum absolute atomic E-state index is 0.736. The van der Waals surface area contributed by atoms with Crippen LogP contribution in [0.5, 0.6) is 0 Å². The number of furan rings is 1. The summed E-state index contributed by atoms with van der Waals surface area (Å²) in [6, 6.07) is 4.41. The summed E-state index contributed by atoms with van der Waals surface area (Å²) in [7, 11) is 0.848. The van der Waals surface area contributed by atoms with Gasteiger partial charge in [0.05, 0.1) is 12.0 Å². The quantitative estimate of drug-likeness (QED) is 0.760. The first-order valence-electron chi connectivity index (χ1n) is 5.45. The van der Waals surface area contributed by atoms with Crippen LogP contribution >= 0.6 is 0 Å². The van der Waals surface area contributed by atoms with Crippen molar-refractivity contribution in [3.63, 3.8) is 0 Å². The van der Waals surface area contributed by atoms with E-state index >= 15 is 0 Å². The molecule has 2 nitrogen and oxygen atoms in total. The molecule has 0 radical (unpaired) electrons. The third-order valence-electron chi connectivity index (χ3n) is 2.98. The fourth-order valence-corrected chi connectivity index (χ4v) is 2.16. The summed E-state index contributed by atoms with van der Waals surface area (Å²) in [5, 5.41) is 0. The lowest BCUT2D eigenvalue weighted by Gasteiger charge is -2.09. The van der Waals surface area contributed by atoms with Crippen LogP contribution in [0.15, 0.2) is 29.1 Å². The Labute approximate surface area is 96.7 Å².